The van der Waals surface area contributed by atoms with Gasteiger partial charge >= 0.3 is 0 Å². The fraction of sp³-hybridized carbons (Fsp3) is 0.231. The summed E-state index contributed by atoms with van der Waals surface area (Å²) in [5, 5.41) is 0. The zero-order chi connectivity index (χ0) is 12.0. The van der Waals surface area contributed by atoms with Crippen molar-refractivity contribution in [1.29, 1.82) is 0 Å². The van der Waals surface area contributed by atoms with E-state index in [-0.39, 0.29) is 5.78 Å². The van der Waals surface area contributed by atoms with Crippen LogP contribution in [-0.4, -0.2) is 12.0 Å². The minimum Gasteiger partial charge on any atom is -0.287 e. The Morgan fingerprint density at radius 3 is 2.81 bits per heavy atom. The number of ketones is 1. The minimum atomic E-state index is -0.0477. The fourth-order valence-corrected chi connectivity index (χ4v) is 1.63. The molecular weight excluding hydrogens is 266 g/mol. The van der Waals surface area contributed by atoms with Crippen molar-refractivity contribution in [2.75, 3.05) is 0 Å². The number of aliphatic imine (C=N–C) groups is 1. The average Bonchev–Trinajstić information content (AvgIpc) is 2.29. The van der Waals surface area contributed by atoms with E-state index < -0.39 is 0 Å². The van der Waals surface area contributed by atoms with Gasteiger partial charge < -0.3 is 0 Å². The van der Waals surface area contributed by atoms with E-state index in [1.807, 2.05) is 26.0 Å². The van der Waals surface area contributed by atoms with Gasteiger partial charge in [0.1, 0.15) is 5.70 Å². The molecule has 0 fully saturated rings. The lowest BCUT2D eigenvalue weighted by molar-refractivity contribution is 0.103. The molecule has 84 valence electrons. The summed E-state index contributed by atoms with van der Waals surface area (Å²) in [6.07, 6.45) is 4.30. The topological polar surface area (TPSA) is 29.4 Å². The van der Waals surface area contributed by atoms with Crippen LogP contribution in [0.3, 0.4) is 0 Å². The van der Waals surface area contributed by atoms with Crippen LogP contribution in [0.5, 0.6) is 0 Å². The van der Waals surface area contributed by atoms with E-state index in [9.17, 15) is 4.79 Å². The van der Waals surface area contributed by atoms with Crippen LogP contribution >= 0.6 is 15.9 Å². The van der Waals surface area contributed by atoms with Crippen molar-refractivity contribution in [2.45, 2.75) is 20.3 Å². The number of nitrogens with zero attached hydrogens (tertiary/aromatic N) is 1. The molecule has 0 aromatic heterocycles. The number of benzene rings is 1. The molecule has 0 radical (unpaired) electrons. The number of halogens is 1. The maximum absolute atomic E-state index is 12.0. The predicted octanol–water partition coefficient (Wildman–Crippen LogP) is 4.02. The third kappa shape index (κ3) is 3.42. The number of allylic oxidation sites excluding steroid dienone is 2. The molecule has 0 spiro atoms. The van der Waals surface area contributed by atoms with Gasteiger partial charge in [0, 0.05) is 16.3 Å². The maximum atomic E-state index is 12.0. The van der Waals surface area contributed by atoms with Crippen LogP contribution in [0.4, 0.5) is 0 Å². The quantitative estimate of drug-likeness (QED) is 0.465. The van der Waals surface area contributed by atoms with Crippen LogP contribution in [-0.2, 0) is 0 Å². The fourth-order valence-electron chi connectivity index (χ4n) is 1.23. The molecule has 3 heteroatoms. The van der Waals surface area contributed by atoms with Gasteiger partial charge in [-0.05, 0) is 25.5 Å². The molecule has 0 saturated carbocycles. The second-order valence-corrected chi connectivity index (χ2v) is 4.15. The molecule has 0 atom stereocenters. The molecule has 0 heterocycles. The summed E-state index contributed by atoms with van der Waals surface area (Å²) in [6.45, 7) is 3.80. The van der Waals surface area contributed by atoms with E-state index in [1.165, 1.54) is 0 Å². The molecule has 0 N–H and O–H groups in total. The zero-order valence-corrected chi connectivity index (χ0v) is 11.0. The molecule has 0 aliphatic carbocycles. The van der Waals surface area contributed by atoms with Crippen molar-refractivity contribution in [3.63, 3.8) is 0 Å². The van der Waals surface area contributed by atoms with Crippen molar-refractivity contribution < 1.29 is 4.79 Å². The van der Waals surface area contributed by atoms with Gasteiger partial charge in [0.2, 0.25) is 5.78 Å². The molecule has 0 bridgehead atoms. The highest BCUT2D eigenvalue weighted by Crippen LogP contribution is 2.15. The normalized spacial score (nSPS) is 12.1. The van der Waals surface area contributed by atoms with Crippen molar-refractivity contribution in [3.8, 4) is 0 Å². The van der Waals surface area contributed by atoms with Crippen LogP contribution in [0.2, 0.25) is 0 Å². The third-order valence-electron chi connectivity index (χ3n) is 2.01. The summed E-state index contributed by atoms with van der Waals surface area (Å²) in [7, 11) is 0. The van der Waals surface area contributed by atoms with E-state index in [1.54, 1.807) is 24.4 Å². The Kier molecular flexibility index (Phi) is 5.12. The lowest BCUT2D eigenvalue weighted by atomic mass is 10.1. The monoisotopic (exact) mass is 279 g/mol. The van der Waals surface area contributed by atoms with Gasteiger partial charge in [0.05, 0.1) is 0 Å². The van der Waals surface area contributed by atoms with Gasteiger partial charge in [-0.25, -0.2) is 0 Å². The first-order valence-electron chi connectivity index (χ1n) is 5.18. The van der Waals surface area contributed by atoms with Gasteiger partial charge in [0.25, 0.3) is 0 Å². The summed E-state index contributed by atoms with van der Waals surface area (Å²) >= 11 is 3.34. The first-order valence-corrected chi connectivity index (χ1v) is 5.97. The molecule has 0 saturated heterocycles. The van der Waals surface area contributed by atoms with E-state index >= 15 is 0 Å². The molecule has 2 nitrogen and oxygen atoms in total. The highest BCUT2D eigenvalue weighted by molar-refractivity contribution is 9.10. The number of rotatable bonds is 4. The Bertz CT molecular complexity index is 435. The largest absolute Gasteiger partial charge is 0.287 e. The first-order chi connectivity index (χ1) is 7.69. The Hall–Kier alpha value is -1.22. The van der Waals surface area contributed by atoms with Crippen LogP contribution in [0.25, 0.3) is 0 Å². The molecule has 0 amide bonds. The van der Waals surface area contributed by atoms with Crippen LogP contribution in [0.15, 0.2) is 45.5 Å². The highest BCUT2D eigenvalue weighted by Gasteiger charge is 2.10. The number of Topliss-reactive ketones (excluding diaryl/α,β-unsaturated/α-hetero) is 1. The molecule has 1 rings (SSSR count). The second-order valence-electron chi connectivity index (χ2n) is 3.23. The number of hydrogen-bond donors (Lipinski definition) is 0. The number of carbonyl (C=O) groups is 1. The lowest BCUT2D eigenvalue weighted by Crippen LogP contribution is -2.01. The molecule has 0 unspecified atom stereocenters. The van der Waals surface area contributed by atoms with E-state index in [0.717, 1.165) is 10.9 Å². The van der Waals surface area contributed by atoms with Gasteiger partial charge in [-0.15, -0.1) is 0 Å². The lowest BCUT2D eigenvalue weighted by Gasteiger charge is -2.01. The van der Waals surface area contributed by atoms with E-state index in [0.29, 0.717) is 11.3 Å². The number of carbonyl (C=O) groups excluding carboxylic acids is 1. The molecular formula is C13H14BrNO. The summed E-state index contributed by atoms with van der Waals surface area (Å²) < 4.78 is 0.897. The summed E-state index contributed by atoms with van der Waals surface area (Å²) in [4.78, 5) is 16.2. The minimum absolute atomic E-state index is 0.0477. The van der Waals surface area contributed by atoms with Crippen LogP contribution in [0, 0.1) is 0 Å². The zero-order valence-electron chi connectivity index (χ0n) is 9.40. The standard InChI is InChI=1S/C13H14BrNO/c1-3-8-15-12(4-2)13(16)10-6-5-7-11(14)9-10/h4-9H,3H2,1-2H3/b12-4-,15-8?. The van der Waals surface area contributed by atoms with Crippen molar-refractivity contribution in [1.82, 2.24) is 0 Å². The Morgan fingerprint density at radius 2 is 2.25 bits per heavy atom. The Balaban J connectivity index is 2.97. The number of hydrogen-bond acceptors (Lipinski definition) is 2. The van der Waals surface area contributed by atoms with E-state index in [2.05, 4.69) is 20.9 Å². The van der Waals surface area contributed by atoms with Gasteiger partial charge in [-0.2, -0.15) is 0 Å². The Morgan fingerprint density at radius 1 is 1.50 bits per heavy atom. The van der Waals surface area contributed by atoms with Crippen LogP contribution < -0.4 is 0 Å². The van der Waals surface area contributed by atoms with Gasteiger partial charge in [0.15, 0.2) is 0 Å². The van der Waals surface area contributed by atoms with Crippen molar-refractivity contribution >= 4 is 27.9 Å². The predicted molar refractivity (Wildman–Crippen MR) is 71.0 cm³/mol. The molecule has 16 heavy (non-hydrogen) atoms. The molecule has 1 aromatic carbocycles. The second kappa shape index (κ2) is 6.38. The van der Waals surface area contributed by atoms with Gasteiger partial charge in [-0.3, -0.25) is 9.79 Å². The highest BCUT2D eigenvalue weighted by atomic mass is 79.9. The smallest absolute Gasteiger partial charge is 0.211 e. The third-order valence-corrected chi connectivity index (χ3v) is 2.50. The summed E-state index contributed by atoms with van der Waals surface area (Å²) in [5.74, 6) is -0.0477. The first kappa shape index (κ1) is 12.8. The molecule has 0 aliphatic heterocycles. The SMILES string of the molecule is C/C=C(\N=CCC)C(=O)c1cccc(Br)c1. The van der Waals surface area contributed by atoms with Crippen molar-refractivity contribution in [2.24, 2.45) is 4.99 Å². The van der Waals surface area contributed by atoms with Crippen LogP contribution in [0.1, 0.15) is 30.6 Å². The summed E-state index contributed by atoms with van der Waals surface area (Å²) in [6, 6.07) is 7.32. The van der Waals surface area contributed by atoms with Gasteiger partial charge in [-0.1, -0.05) is 41.1 Å². The molecule has 1 aromatic rings. The molecule has 0 aliphatic rings. The maximum Gasteiger partial charge on any atom is 0.211 e. The summed E-state index contributed by atoms with van der Waals surface area (Å²) in [5.41, 5.74) is 1.13. The Labute approximate surface area is 104 Å². The van der Waals surface area contributed by atoms with E-state index in [4.69, 9.17) is 0 Å². The van der Waals surface area contributed by atoms with Crippen molar-refractivity contribution in [3.05, 3.63) is 46.1 Å². The average molecular weight is 280 g/mol.